The van der Waals surface area contributed by atoms with Gasteiger partial charge in [-0.3, -0.25) is 14.4 Å². The van der Waals surface area contributed by atoms with E-state index in [2.05, 4.69) is 0 Å². The molecule has 0 spiro atoms. The molecule has 4 atom stereocenters. The van der Waals surface area contributed by atoms with Crippen LogP contribution in [0.25, 0.3) is 11.1 Å². The van der Waals surface area contributed by atoms with Crippen LogP contribution in [-0.2, 0) is 31.4 Å². The Morgan fingerprint density at radius 3 is 1.42 bits per heavy atom. The van der Waals surface area contributed by atoms with Crippen molar-refractivity contribution in [2.75, 3.05) is 19.1 Å². The van der Waals surface area contributed by atoms with Gasteiger partial charge < -0.3 is 9.47 Å². The molecule has 0 aromatic heterocycles. The standard InChI is InChI=1S/C42H29ClF3NO5/c1-51-29-18-13-24(14-19-29)33-34(25-15-20-30(52-2)21-16-25)41(27-11-7-4-8-12-27)36-35(40(33,39(41)50)26-9-5-3-6-10-26)37(48)47(38(36)49)32-23-28(42(44,45)46)17-22-31(32)43/h3-23,35-36H,1-2H3/t35-,36-,40+,41+/m0/s1. The first-order valence-corrected chi connectivity index (χ1v) is 16.8. The highest BCUT2D eigenvalue weighted by Gasteiger charge is 2.82. The number of ketones is 1. The minimum Gasteiger partial charge on any atom is -0.497 e. The lowest BCUT2D eigenvalue weighted by molar-refractivity contribution is -0.137. The summed E-state index contributed by atoms with van der Waals surface area (Å²) in [5.41, 5.74) is -1.80. The molecular weight excluding hydrogens is 691 g/mol. The number of benzene rings is 5. The Kier molecular flexibility index (Phi) is 7.69. The highest BCUT2D eigenvalue weighted by atomic mass is 35.5. The van der Waals surface area contributed by atoms with Crippen LogP contribution in [0.3, 0.4) is 0 Å². The first-order valence-electron chi connectivity index (χ1n) is 16.5. The minimum atomic E-state index is -4.78. The number of rotatable bonds is 7. The molecule has 5 aromatic rings. The van der Waals surface area contributed by atoms with Gasteiger partial charge in [0.1, 0.15) is 11.5 Å². The number of nitrogens with zero attached hydrogens (tertiary/aromatic N) is 1. The number of ether oxygens (including phenoxy) is 2. The van der Waals surface area contributed by atoms with E-state index < -0.39 is 51.9 Å². The van der Waals surface area contributed by atoms with Gasteiger partial charge in [-0.15, -0.1) is 0 Å². The van der Waals surface area contributed by atoms with Crippen molar-refractivity contribution in [2.45, 2.75) is 17.0 Å². The van der Waals surface area contributed by atoms with Gasteiger partial charge in [0.25, 0.3) is 0 Å². The third-order valence-electron chi connectivity index (χ3n) is 10.7. The Morgan fingerprint density at radius 2 is 1.04 bits per heavy atom. The van der Waals surface area contributed by atoms with Crippen molar-refractivity contribution in [1.82, 2.24) is 0 Å². The number of amides is 2. The second kappa shape index (κ2) is 12.0. The van der Waals surface area contributed by atoms with Gasteiger partial charge in [0.05, 0.1) is 53.2 Å². The average Bonchev–Trinajstić information content (AvgIpc) is 3.67. The molecular formula is C42H29ClF3NO5. The molecule has 0 unspecified atom stereocenters. The Hall–Kier alpha value is -5.67. The molecule has 0 N–H and O–H groups in total. The number of carbonyl (C=O) groups is 3. The molecule has 52 heavy (non-hydrogen) atoms. The van der Waals surface area contributed by atoms with E-state index in [1.165, 1.54) is 14.2 Å². The number of hydrogen-bond donors (Lipinski definition) is 0. The largest absolute Gasteiger partial charge is 0.497 e. The maximum Gasteiger partial charge on any atom is 0.416 e. The van der Waals surface area contributed by atoms with E-state index in [1.807, 2.05) is 24.3 Å². The summed E-state index contributed by atoms with van der Waals surface area (Å²) in [5.74, 6) is -3.57. The van der Waals surface area contributed by atoms with Crippen molar-refractivity contribution in [3.05, 3.63) is 160 Å². The number of allylic oxidation sites excluding steroid dienone is 2. The van der Waals surface area contributed by atoms with Gasteiger partial charge in [-0.2, -0.15) is 13.2 Å². The van der Waals surface area contributed by atoms with E-state index in [4.69, 9.17) is 21.1 Å². The van der Waals surface area contributed by atoms with Gasteiger partial charge in [-0.1, -0.05) is 96.5 Å². The molecule has 1 saturated carbocycles. The zero-order valence-electron chi connectivity index (χ0n) is 27.8. The summed E-state index contributed by atoms with van der Waals surface area (Å²) in [6.07, 6.45) is -4.78. The quantitative estimate of drug-likeness (QED) is 0.158. The fourth-order valence-corrected chi connectivity index (χ4v) is 8.94. The SMILES string of the molecule is COc1ccc(C2=C(c3ccc(OC)cc3)[C@@]3(c4ccccc4)C(=O)[C@@]2(c2ccccc2)[C@@H]2C(=O)N(c4cc(C(F)(F)F)ccc4Cl)C(=O)[C@H]23)cc1. The van der Waals surface area contributed by atoms with Gasteiger partial charge in [0, 0.05) is 0 Å². The monoisotopic (exact) mass is 719 g/mol. The lowest BCUT2D eigenvalue weighted by atomic mass is 9.59. The zero-order chi connectivity index (χ0) is 36.6. The fraction of sp³-hybridized carbons (Fsp3) is 0.167. The number of fused-ring (bicyclic) bond motifs is 5. The van der Waals surface area contributed by atoms with E-state index in [0.29, 0.717) is 44.9 Å². The molecule has 6 nitrogen and oxygen atoms in total. The Labute approximate surface area is 302 Å². The predicted molar refractivity (Wildman–Crippen MR) is 190 cm³/mol. The lowest BCUT2D eigenvalue weighted by Gasteiger charge is -2.39. The van der Waals surface area contributed by atoms with Crippen LogP contribution in [0.15, 0.2) is 127 Å². The molecule has 5 aromatic carbocycles. The third-order valence-corrected chi connectivity index (χ3v) is 11.0. The van der Waals surface area contributed by atoms with E-state index >= 15 is 14.4 Å². The number of halogens is 4. The number of Topliss-reactive ketones (excluding diaryl/α,β-unsaturated/α-hetero) is 1. The molecule has 8 rings (SSSR count). The van der Waals surface area contributed by atoms with Crippen molar-refractivity contribution in [1.29, 1.82) is 0 Å². The third kappa shape index (κ3) is 4.41. The summed E-state index contributed by atoms with van der Waals surface area (Å²) in [6.45, 7) is 0. The summed E-state index contributed by atoms with van der Waals surface area (Å²) < 4.78 is 53.1. The van der Waals surface area contributed by atoms with Gasteiger partial charge in [-0.25, -0.2) is 4.90 Å². The van der Waals surface area contributed by atoms with Crippen molar-refractivity contribution < 1.29 is 37.0 Å². The van der Waals surface area contributed by atoms with Crippen LogP contribution in [0, 0.1) is 11.8 Å². The van der Waals surface area contributed by atoms with Gasteiger partial charge in [-0.05, 0) is 75.9 Å². The van der Waals surface area contributed by atoms with E-state index in [9.17, 15) is 13.2 Å². The first kappa shape index (κ1) is 33.5. The fourth-order valence-electron chi connectivity index (χ4n) is 8.74. The normalized spacial score (nSPS) is 23.7. The van der Waals surface area contributed by atoms with Gasteiger partial charge in [0.2, 0.25) is 11.8 Å². The Morgan fingerprint density at radius 1 is 0.615 bits per heavy atom. The topological polar surface area (TPSA) is 72.9 Å². The lowest BCUT2D eigenvalue weighted by Crippen LogP contribution is -2.45. The van der Waals surface area contributed by atoms with Crippen molar-refractivity contribution >= 4 is 46.0 Å². The molecule has 10 heteroatoms. The predicted octanol–water partition coefficient (Wildman–Crippen LogP) is 8.56. The second-order valence-electron chi connectivity index (χ2n) is 13.0. The summed E-state index contributed by atoms with van der Waals surface area (Å²) in [6, 6.07) is 34.5. The number of carbonyl (C=O) groups excluding carboxylic acids is 3. The molecule has 2 aliphatic carbocycles. The van der Waals surface area contributed by atoms with Crippen LogP contribution in [0.2, 0.25) is 5.02 Å². The molecule has 1 aliphatic heterocycles. The Bertz CT molecular complexity index is 2160. The van der Waals surface area contributed by atoms with Crippen LogP contribution in [-0.4, -0.2) is 31.8 Å². The van der Waals surface area contributed by atoms with Crippen LogP contribution >= 0.6 is 11.6 Å². The summed E-state index contributed by atoms with van der Waals surface area (Å²) in [4.78, 5) is 47.1. The number of anilines is 1. The summed E-state index contributed by atoms with van der Waals surface area (Å²) in [7, 11) is 3.07. The number of hydrogen-bond acceptors (Lipinski definition) is 5. The van der Waals surface area contributed by atoms with Crippen molar-refractivity contribution in [3.8, 4) is 11.5 Å². The van der Waals surface area contributed by atoms with Crippen LogP contribution in [0.5, 0.6) is 11.5 Å². The molecule has 1 saturated heterocycles. The number of imide groups is 1. The molecule has 3 aliphatic rings. The van der Waals surface area contributed by atoms with Crippen LogP contribution in [0.1, 0.15) is 27.8 Å². The molecule has 2 fully saturated rings. The van der Waals surface area contributed by atoms with Crippen LogP contribution in [0.4, 0.5) is 18.9 Å². The van der Waals surface area contributed by atoms with Gasteiger partial charge >= 0.3 is 6.18 Å². The Balaban J connectivity index is 1.52. The van der Waals surface area contributed by atoms with E-state index in [0.717, 1.165) is 23.1 Å². The minimum absolute atomic E-state index is 0.213. The molecule has 1 heterocycles. The maximum atomic E-state index is 16.0. The molecule has 2 amide bonds. The maximum absolute atomic E-state index is 16.0. The van der Waals surface area contributed by atoms with E-state index in [1.54, 1.807) is 84.9 Å². The highest BCUT2D eigenvalue weighted by Crippen LogP contribution is 2.74. The van der Waals surface area contributed by atoms with Gasteiger partial charge in [0.15, 0.2) is 5.78 Å². The average molecular weight is 720 g/mol. The second-order valence-corrected chi connectivity index (χ2v) is 13.4. The summed E-state index contributed by atoms with van der Waals surface area (Å²) in [5, 5.41) is -0.213. The number of methoxy groups -OCH3 is 2. The van der Waals surface area contributed by atoms with Crippen molar-refractivity contribution in [3.63, 3.8) is 0 Å². The van der Waals surface area contributed by atoms with E-state index in [-0.39, 0.29) is 10.8 Å². The molecule has 0 radical (unpaired) electrons. The van der Waals surface area contributed by atoms with Crippen LogP contribution < -0.4 is 14.4 Å². The van der Waals surface area contributed by atoms with Crippen molar-refractivity contribution in [2.24, 2.45) is 11.8 Å². The zero-order valence-corrected chi connectivity index (χ0v) is 28.5. The highest BCUT2D eigenvalue weighted by molar-refractivity contribution is 6.41. The molecule has 260 valence electrons. The molecule has 2 bridgehead atoms. The summed E-state index contributed by atoms with van der Waals surface area (Å²) >= 11 is 6.53. The number of alkyl halides is 3. The first-order chi connectivity index (χ1) is 25.0. The smallest absolute Gasteiger partial charge is 0.416 e.